The molecule has 0 atom stereocenters. The topological polar surface area (TPSA) is 66.5 Å². The normalized spacial score (nSPS) is 9.94. The van der Waals surface area contributed by atoms with Gasteiger partial charge in [-0.25, -0.2) is 4.98 Å². The van der Waals surface area contributed by atoms with E-state index in [2.05, 4.69) is 15.4 Å². The van der Waals surface area contributed by atoms with Crippen LogP contribution in [0.2, 0.25) is 0 Å². The predicted octanol–water partition coefficient (Wildman–Crippen LogP) is 1.61. The van der Waals surface area contributed by atoms with Crippen molar-refractivity contribution in [2.45, 2.75) is 13.5 Å². The lowest BCUT2D eigenvalue weighted by molar-refractivity contribution is 0.738. The van der Waals surface area contributed by atoms with Crippen LogP contribution in [0.1, 0.15) is 16.8 Å². The Kier molecular flexibility index (Phi) is 3.06. The van der Waals surface area contributed by atoms with E-state index in [-0.39, 0.29) is 0 Å². The highest BCUT2D eigenvalue weighted by Gasteiger charge is 2.03. The minimum absolute atomic E-state index is 0.563. The average molecular weight is 227 g/mol. The Bertz CT molecular complexity index is 547. The van der Waals surface area contributed by atoms with Crippen molar-refractivity contribution < 1.29 is 0 Å². The van der Waals surface area contributed by atoms with E-state index < -0.39 is 0 Å². The molecule has 2 aromatic heterocycles. The lowest BCUT2D eigenvalue weighted by Crippen LogP contribution is -2.02. The molecular weight excluding hydrogens is 214 g/mol. The molecule has 0 aliphatic rings. The highest BCUT2D eigenvalue weighted by Crippen LogP contribution is 2.09. The minimum Gasteiger partial charge on any atom is -0.366 e. The summed E-state index contributed by atoms with van der Waals surface area (Å²) in [7, 11) is 1.92. The number of nitrogens with zero attached hydrogens (tertiary/aromatic N) is 4. The fourth-order valence-corrected chi connectivity index (χ4v) is 1.47. The fourth-order valence-electron chi connectivity index (χ4n) is 1.47. The van der Waals surface area contributed by atoms with Gasteiger partial charge in [0.25, 0.3) is 0 Å². The quantitative estimate of drug-likeness (QED) is 0.865. The van der Waals surface area contributed by atoms with Gasteiger partial charge >= 0.3 is 0 Å². The van der Waals surface area contributed by atoms with Gasteiger partial charge in [0.05, 0.1) is 11.8 Å². The molecule has 86 valence electrons. The smallest absolute Gasteiger partial charge is 0.126 e. The Morgan fingerprint density at radius 2 is 2.24 bits per heavy atom. The zero-order chi connectivity index (χ0) is 12.3. The zero-order valence-electron chi connectivity index (χ0n) is 9.81. The minimum atomic E-state index is 0.563. The lowest BCUT2D eigenvalue weighted by atomic mass is 10.2. The summed E-state index contributed by atoms with van der Waals surface area (Å²) >= 11 is 0. The number of hydrogen-bond donors (Lipinski definition) is 1. The number of rotatable bonds is 3. The van der Waals surface area contributed by atoms with Gasteiger partial charge in [-0.1, -0.05) is 0 Å². The first kappa shape index (κ1) is 11.1. The SMILES string of the molecule is Cc1c(CNc2ccc(C#N)cn2)cnn1C. The number of pyridine rings is 1. The molecule has 0 aliphatic heterocycles. The molecule has 0 bridgehead atoms. The second kappa shape index (κ2) is 4.66. The summed E-state index contributed by atoms with van der Waals surface area (Å²) in [5.74, 6) is 0.757. The summed E-state index contributed by atoms with van der Waals surface area (Å²) in [6, 6.07) is 5.57. The summed E-state index contributed by atoms with van der Waals surface area (Å²) in [5.41, 5.74) is 2.83. The van der Waals surface area contributed by atoms with Gasteiger partial charge in [-0.2, -0.15) is 10.4 Å². The Hall–Kier alpha value is -2.35. The van der Waals surface area contributed by atoms with Crippen molar-refractivity contribution in [2.24, 2.45) is 7.05 Å². The van der Waals surface area contributed by atoms with Crippen molar-refractivity contribution in [3.63, 3.8) is 0 Å². The molecule has 0 fully saturated rings. The second-order valence-corrected chi connectivity index (χ2v) is 3.78. The standard InChI is InChI=1S/C12H13N5/c1-9-11(8-16-17(9)2)7-15-12-4-3-10(5-13)6-14-12/h3-4,6,8H,7H2,1-2H3,(H,14,15). The number of anilines is 1. The van der Waals surface area contributed by atoms with Gasteiger partial charge in [0.1, 0.15) is 11.9 Å². The second-order valence-electron chi connectivity index (χ2n) is 3.78. The third-order valence-electron chi connectivity index (χ3n) is 2.69. The number of nitriles is 1. The fraction of sp³-hybridized carbons (Fsp3) is 0.250. The Labute approximate surface area is 99.7 Å². The maximum absolute atomic E-state index is 8.65. The monoisotopic (exact) mass is 227 g/mol. The van der Waals surface area contributed by atoms with Crippen molar-refractivity contribution >= 4 is 5.82 Å². The van der Waals surface area contributed by atoms with Gasteiger partial charge < -0.3 is 5.32 Å². The van der Waals surface area contributed by atoms with Crippen molar-refractivity contribution in [1.29, 1.82) is 5.26 Å². The first-order chi connectivity index (χ1) is 8.20. The predicted molar refractivity (Wildman–Crippen MR) is 64.2 cm³/mol. The highest BCUT2D eigenvalue weighted by atomic mass is 15.3. The number of aryl methyl sites for hydroxylation is 1. The third-order valence-corrected chi connectivity index (χ3v) is 2.69. The zero-order valence-corrected chi connectivity index (χ0v) is 9.81. The summed E-state index contributed by atoms with van der Waals surface area (Å²) in [6.45, 7) is 2.70. The number of aromatic nitrogens is 3. The van der Waals surface area contributed by atoms with Crippen molar-refractivity contribution in [3.8, 4) is 6.07 Å². The number of nitrogens with one attached hydrogen (secondary N) is 1. The van der Waals surface area contributed by atoms with Crippen molar-refractivity contribution in [1.82, 2.24) is 14.8 Å². The Balaban J connectivity index is 2.03. The molecule has 0 amide bonds. The van der Waals surface area contributed by atoms with Crippen LogP contribution in [0.3, 0.4) is 0 Å². The molecule has 2 rings (SSSR count). The molecular formula is C12H13N5. The highest BCUT2D eigenvalue weighted by molar-refractivity contribution is 5.39. The summed E-state index contributed by atoms with van der Waals surface area (Å²) in [4.78, 5) is 4.14. The maximum Gasteiger partial charge on any atom is 0.126 e. The molecule has 2 heterocycles. The van der Waals surface area contributed by atoms with E-state index in [0.717, 1.165) is 17.1 Å². The molecule has 5 heteroatoms. The van der Waals surface area contributed by atoms with Crippen LogP contribution >= 0.6 is 0 Å². The Morgan fingerprint density at radius 1 is 1.41 bits per heavy atom. The molecule has 2 aromatic rings. The van der Waals surface area contributed by atoms with E-state index in [1.807, 2.05) is 30.9 Å². The summed E-state index contributed by atoms with van der Waals surface area (Å²) < 4.78 is 1.84. The van der Waals surface area contributed by atoms with Crippen molar-refractivity contribution in [2.75, 3.05) is 5.32 Å². The third kappa shape index (κ3) is 2.42. The summed E-state index contributed by atoms with van der Waals surface area (Å²) in [6.07, 6.45) is 3.39. The van der Waals surface area contributed by atoms with Gasteiger partial charge in [0, 0.05) is 31.0 Å². The molecule has 0 saturated heterocycles. The van der Waals surface area contributed by atoms with Gasteiger partial charge in [-0.15, -0.1) is 0 Å². The molecule has 0 unspecified atom stereocenters. The molecule has 0 radical (unpaired) electrons. The maximum atomic E-state index is 8.65. The first-order valence-corrected chi connectivity index (χ1v) is 5.28. The van der Waals surface area contributed by atoms with Gasteiger partial charge in [-0.05, 0) is 19.1 Å². The van der Waals surface area contributed by atoms with Crippen LogP contribution in [0, 0.1) is 18.3 Å². The van der Waals surface area contributed by atoms with Crippen LogP contribution in [0.15, 0.2) is 24.5 Å². The van der Waals surface area contributed by atoms with E-state index in [1.165, 1.54) is 0 Å². The van der Waals surface area contributed by atoms with E-state index in [4.69, 9.17) is 5.26 Å². The molecule has 5 nitrogen and oxygen atoms in total. The Morgan fingerprint density at radius 3 is 2.76 bits per heavy atom. The van der Waals surface area contributed by atoms with Crippen molar-refractivity contribution in [3.05, 3.63) is 41.3 Å². The van der Waals surface area contributed by atoms with E-state index in [9.17, 15) is 0 Å². The molecule has 1 N–H and O–H groups in total. The van der Waals surface area contributed by atoms with Gasteiger partial charge in [-0.3, -0.25) is 4.68 Å². The largest absolute Gasteiger partial charge is 0.366 e. The molecule has 0 aliphatic carbocycles. The molecule has 0 saturated carbocycles. The van der Waals surface area contributed by atoms with Crippen LogP contribution in [-0.4, -0.2) is 14.8 Å². The summed E-state index contributed by atoms with van der Waals surface area (Å²) in [5, 5.41) is 16.0. The van der Waals surface area contributed by atoms with E-state index in [0.29, 0.717) is 12.1 Å². The van der Waals surface area contributed by atoms with Gasteiger partial charge in [0.15, 0.2) is 0 Å². The van der Waals surface area contributed by atoms with Crippen LogP contribution in [-0.2, 0) is 13.6 Å². The van der Waals surface area contributed by atoms with E-state index in [1.54, 1.807) is 18.3 Å². The number of hydrogen-bond acceptors (Lipinski definition) is 4. The molecule has 0 aromatic carbocycles. The van der Waals surface area contributed by atoms with Gasteiger partial charge in [0.2, 0.25) is 0 Å². The average Bonchev–Trinajstić information content (AvgIpc) is 2.68. The lowest BCUT2D eigenvalue weighted by Gasteiger charge is -2.04. The van der Waals surface area contributed by atoms with Crippen LogP contribution < -0.4 is 5.32 Å². The van der Waals surface area contributed by atoms with E-state index >= 15 is 0 Å². The van der Waals surface area contributed by atoms with Crippen LogP contribution in [0.5, 0.6) is 0 Å². The molecule has 17 heavy (non-hydrogen) atoms. The van der Waals surface area contributed by atoms with Crippen LogP contribution in [0.25, 0.3) is 0 Å². The van der Waals surface area contributed by atoms with Crippen LogP contribution in [0.4, 0.5) is 5.82 Å². The first-order valence-electron chi connectivity index (χ1n) is 5.28. The molecule has 0 spiro atoms.